The zero-order chi connectivity index (χ0) is 16.9. The van der Waals surface area contributed by atoms with E-state index in [1.54, 1.807) is 0 Å². The third kappa shape index (κ3) is 4.28. The first-order valence-corrected chi connectivity index (χ1v) is 9.17. The number of ether oxygens (including phenoxy) is 2. The van der Waals surface area contributed by atoms with E-state index in [1.165, 1.54) is 0 Å². The Morgan fingerprint density at radius 3 is 2.50 bits per heavy atom. The summed E-state index contributed by atoms with van der Waals surface area (Å²) in [5.41, 5.74) is 1.15. The summed E-state index contributed by atoms with van der Waals surface area (Å²) < 4.78 is 12.0. The van der Waals surface area contributed by atoms with Crippen molar-refractivity contribution >= 4 is 0 Å². The predicted molar refractivity (Wildman–Crippen MR) is 93.8 cm³/mol. The fraction of sp³-hybridized carbons (Fsp3) is 0.650. The standard InChI is InChI=1S/C20H28N2O2/c1-15(2)22-10-7-19(8-11-22)24-18-5-3-17(4-6-18)20-13-16(14-21)9-12-23-20/h3-6,15-16,19-20H,7-13H2,1-2H3. The van der Waals surface area contributed by atoms with Crippen LogP contribution in [0, 0.1) is 17.2 Å². The van der Waals surface area contributed by atoms with Crippen LogP contribution in [0.25, 0.3) is 0 Å². The second-order valence-electron chi connectivity index (χ2n) is 7.23. The van der Waals surface area contributed by atoms with Gasteiger partial charge in [0, 0.05) is 25.7 Å². The first-order valence-electron chi connectivity index (χ1n) is 9.17. The van der Waals surface area contributed by atoms with Crippen molar-refractivity contribution in [3.8, 4) is 11.8 Å². The molecule has 0 aliphatic carbocycles. The molecule has 0 N–H and O–H groups in total. The van der Waals surface area contributed by atoms with Gasteiger partial charge in [0.25, 0.3) is 0 Å². The Morgan fingerprint density at radius 1 is 1.17 bits per heavy atom. The molecule has 2 unspecified atom stereocenters. The van der Waals surface area contributed by atoms with Gasteiger partial charge in [0.1, 0.15) is 11.9 Å². The molecule has 0 radical (unpaired) electrons. The van der Waals surface area contributed by atoms with Crippen molar-refractivity contribution in [1.82, 2.24) is 4.90 Å². The van der Waals surface area contributed by atoms with E-state index in [2.05, 4.69) is 36.9 Å². The molecule has 130 valence electrons. The first kappa shape index (κ1) is 17.3. The molecule has 1 aromatic carbocycles. The van der Waals surface area contributed by atoms with Gasteiger partial charge in [-0.25, -0.2) is 0 Å². The van der Waals surface area contributed by atoms with E-state index in [-0.39, 0.29) is 12.0 Å². The molecule has 0 aromatic heterocycles. The van der Waals surface area contributed by atoms with Gasteiger partial charge in [-0.1, -0.05) is 12.1 Å². The van der Waals surface area contributed by atoms with Crippen molar-refractivity contribution in [3.63, 3.8) is 0 Å². The maximum absolute atomic E-state index is 9.11. The quantitative estimate of drug-likeness (QED) is 0.840. The lowest BCUT2D eigenvalue weighted by Crippen LogP contribution is -2.41. The van der Waals surface area contributed by atoms with Crippen LogP contribution < -0.4 is 4.74 Å². The molecule has 2 heterocycles. The Morgan fingerprint density at radius 2 is 1.88 bits per heavy atom. The van der Waals surface area contributed by atoms with Crippen molar-refractivity contribution in [3.05, 3.63) is 29.8 Å². The van der Waals surface area contributed by atoms with E-state index in [0.717, 1.165) is 50.1 Å². The molecule has 2 atom stereocenters. The fourth-order valence-electron chi connectivity index (χ4n) is 3.61. The van der Waals surface area contributed by atoms with E-state index >= 15 is 0 Å². The van der Waals surface area contributed by atoms with Gasteiger partial charge < -0.3 is 14.4 Å². The summed E-state index contributed by atoms with van der Waals surface area (Å²) in [6, 6.07) is 11.3. The van der Waals surface area contributed by atoms with E-state index in [9.17, 15) is 0 Å². The molecule has 24 heavy (non-hydrogen) atoms. The molecule has 1 aromatic rings. The Kier molecular flexibility index (Phi) is 5.76. The smallest absolute Gasteiger partial charge is 0.119 e. The lowest BCUT2D eigenvalue weighted by atomic mass is 9.93. The summed E-state index contributed by atoms with van der Waals surface area (Å²) in [6.45, 7) is 7.42. The zero-order valence-corrected chi connectivity index (χ0v) is 14.8. The van der Waals surface area contributed by atoms with Crippen molar-refractivity contribution in [2.75, 3.05) is 19.7 Å². The Labute approximate surface area is 145 Å². The molecule has 4 nitrogen and oxygen atoms in total. The first-order chi connectivity index (χ1) is 11.7. The highest BCUT2D eigenvalue weighted by Gasteiger charge is 2.24. The summed E-state index contributed by atoms with van der Waals surface area (Å²) in [4.78, 5) is 2.51. The lowest BCUT2D eigenvalue weighted by molar-refractivity contribution is 0.000659. The average molecular weight is 328 g/mol. The number of hydrogen-bond donors (Lipinski definition) is 0. The maximum atomic E-state index is 9.11. The van der Waals surface area contributed by atoms with E-state index in [0.29, 0.717) is 18.8 Å². The number of hydrogen-bond acceptors (Lipinski definition) is 4. The molecule has 2 fully saturated rings. The number of nitriles is 1. The van der Waals surface area contributed by atoms with Crippen LogP contribution in [0.5, 0.6) is 5.75 Å². The molecular weight excluding hydrogens is 300 g/mol. The summed E-state index contributed by atoms with van der Waals surface area (Å²) in [5.74, 6) is 1.06. The number of nitrogens with zero attached hydrogens (tertiary/aromatic N) is 2. The molecule has 0 spiro atoms. The molecule has 3 rings (SSSR count). The van der Waals surface area contributed by atoms with Crippen LogP contribution in [0.1, 0.15) is 51.2 Å². The van der Waals surface area contributed by atoms with Crippen molar-refractivity contribution in [2.24, 2.45) is 5.92 Å². The van der Waals surface area contributed by atoms with Crippen LogP contribution >= 0.6 is 0 Å². The summed E-state index contributed by atoms with van der Waals surface area (Å²) >= 11 is 0. The fourth-order valence-corrected chi connectivity index (χ4v) is 3.61. The molecule has 2 aliphatic rings. The van der Waals surface area contributed by atoms with Crippen molar-refractivity contribution in [1.29, 1.82) is 5.26 Å². The summed E-state index contributed by atoms with van der Waals surface area (Å²) in [6.07, 6.45) is 4.20. The largest absolute Gasteiger partial charge is 0.490 e. The number of piperidine rings is 1. The van der Waals surface area contributed by atoms with Gasteiger partial charge in [-0.05, 0) is 57.2 Å². The highest BCUT2D eigenvalue weighted by atomic mass is 16.5. The monoisotopic (exact) mass is 328 g/mol. The third-order valence-electron chi connectivity index (χ3n) is 5.23. The Hall–Kier alpha value is -1.57. The third-order valence-corrected chi connectivity index (χ3v) is 5.23. The average Bonchev–Trinajstić information content (AvgIpc) is 2.63. The SMILES string of the molecule is CC(C)N1CCC(Oc2ccc(C3CC(C#N)CCO3)cc2)CC1. The number of rotatable bonds is 4. The second-order valence-corrected chi connectivity index (χ2v) is 7.23. The Balaban J connectivity index is 1.53. The topological polar surface area (TPSA) is 45.5 Å². The molecule has 0 saturated carbocycles. The van der Waals surface area contributed by atoms with Crippen LogP contribution in [0.15, 0.2) is 24.3 Å². The molecule has 2 aliphatic heterocycles. The predicted octanol–water partition coefficient (Wildman–Crippen LogP) is 3.93. The van der Waals surface area contributed by atoms with Crippen molar-refractivity contribution < 1.29 is 9.47 Å². The van der Waals surface area contributed by atoms with Gasteiger partial charge in [-0.2, -0.15) is 5.26 Å². The van der Waals surface area contributed by atoms with Gasteiger partial charge >= 0.3 is 0 Å². The van der Waals surface area contributed by atoms with Gasteiger partial charge in [-0.15, -0.1) is 0 Å². The zero-order valence-electron chi connectivity index (χ0n) is 14.8. The lowest BCUT2D eigenvalue weighted by Gasteiger charge is -2.34. The van der Waals surface area contributed by atoms with Crippen LogP contribution in [-0.2, 0) is 4.74 Å². The highest BCUT2D eigenvalue weighted by Crippen LogP contribution is 2.32. The number of likely N-dealkylation sites (tertiary alicyclic amines) is 1. The van der Waals surface area contributed by atoms with Crippen LogP contribution in [0.3, 0.4) is 0 Å². The molecule has 2 saturated heterocycles. The molecular formula is C20H28N2O2. The van der Waals surface area contributed by atoms with Gasteiger partial charge in [0.05, 0.1) is 18.1 Å². The van der Waals surface area contributed by atoms with Gasteiger partial charge in [-0.3, -0.25) is 0 Å². The molecule has 0 bridgehead atoms. The van der Waals surface area contributed by atoms with E-state index < -0.39 is 0 Å². The van der Waals surface area contributed by atoms with Crippen LogP contribution in [0.4, 0.5) is 0 Å². The summed E-state index contributed by atoms with van der Waals surface area (Å²) in [5, 5.41) is 9.11. The number of benzene rings is 1. The van der Waals surface area contributed by atoms with E-state index in [4.69, 9.17) is 14.7 Å². The van der Waals surface area contributed by atoms with Crippen LogP contribution in [0.2, 0.25) is 0 Å². The van der Waals surface area contributed by atoms with Crippen molar-refractivity contribution in [2.45, 2.75) is 57.8 Å². The maximum Gasteiger partial charge on any atom is 0.119 e. The minimum Gasteiger partial charge on any atom is -0.490 e. The van der Waals surface area contributed by atoms with Crippen LogP contribution in [-0.4, -0.2) is 36.7 Å². The summed E-state index contributed by atoms with van der Waals surface area (Å²) in [7, 11) is 0. The molecule has 0 amide bonds. The minimum atomic E-state index is 0.0479. The minimum absolute atomic E-state index is 0.0479. The highest BCUT2D eigenvalue weighted by molar-refractivity contribution is 5.29. The Bertz CT molecular complexity index is 556. The second kappa shape index (κ2) is 8.00. The van der Waals surface area contributed by atoms with Gasteiger partial charge in [0.15, 0.2) is 0 Å². The van der Waals surface area contributed by atoms with E-state index in [1.807, 2.05) is 12.1 Å². The van der Waals surface area contributed by atoms with Gasteiger partial charge in [0.2, 0.25) is 0 Å². The molecule has 4 heteroatoms. The normalized spacial score (nSPS) is 26.2.